The minimum Gasteiger partial charge on any atom is -0.490 e. The first-order valence-corrected chi connectivity index (χ1v) is 19.4. The summed E-state index contributed by atoms with van der Waals surface area (Å²) in [6.07, 6.45) is 9.51. The van der Waals surface area contributed by atoms with E-state index in [-0.39, 0.29) is 0 Å². The van der Waals surface area contributed by atoms with Gasteiger partial charge in [-0.3, -0.25) is 0 Å². The highest BCUT2D eigenvalue weighted by Crippen LogP contribution is 2.55. The Morgan fingerprint density at radius 3 is 1.34 bits per heavy atom. The quantitative estimate of drug-likeness (QED) is 0.122. The van der Waals surface area contributed by atoms with Gasteiger partial charge < -0.3 is 9.47 Å². The molecule has 0 bridgehead atoms. The Bertz CT molecular complexity index is 2120. The van der Waals surface area contributed by atoms with E-state index in [2.05, 4.69) is 74.5 Å². The molecule has 0 aliphatic heterocycles. The number of hydrogen-bond acceptors (Lipinski definition) is 6. The Balaban J connectivity index is 1.40. The van der Waals surface area contributed by atoms with Gasteiger partial charge in [0.05, 0.1) is 41.4 Å². The Kier molecular flexibility index (Phi) is 7.87. The molecule has 0 radical (unpaired) electrons. The minimum absolute atomic E-state index is 0.726. The van der Waals surface area contributed by atoms with E-state index in [4.69, 9.17) is 9.47 Å². The van der Waals surface area contributed by atoms with Crippen molar-refractivity contribution in [3.63, 3.8) is 0 Å². The summed E-state index contributed by atoms with van der Waals surface area (Å²) in [5.74, 6) is 1.79. The second-order valence-corrected chi connectivity index (χ2v) is 15.9. The summed E-state index contributed by atoms with van der Waals surface area (Å²) in [4.78, 5) is 0. The van der Waals surface area contributed by atoms with Gasteiger partial charge in [-0.1, -0.05) is 88.8 Å². The predicted molar refractivity (Wildman–Crippen MR) is 200 cm³/mol. The van der Waals surface area contributed by atoms with Crippen LogP contribution in [0.25, 0.3) is 69.9 Å². The molecule has 2 nitrogen and oxygen atoms in total. The van der Waals surface area contributed by atoms with Crippen LogP contribution in [0.4, 0.5) is 0 Å². The van der Waals surface area contributed by atoms with E-state index in [0.29, 0.717) is 0 Å². The fourth-order valence-electron chi connectivity index (χ4n) is 6.52. The van der Waals surface area contributed by atoms with Gasteiger partial charge >= 0.3 is 0 Å². The van der Waals surface area contributed by atoms with Crippen LogP contribution < -0.4 is 9.47 Å². The average molecular weight is 653 g/mol. The largest absolute Gasteiger partial charge is 0.490 e. The zero-order valence-corrected chi connectivity index (χ0v) is 28.6. The highest BCUT2D eigenvalue weighted by atomic mass is 32.1. The third-order valence-electron chi connectivity index (χ3n) is 8.76. The second kappa shape index (κ2) is 12.1. The molecule has 6 heteroatoms. The van der Waals surface area contributed by atoms with Crippen molar-refractivity contribution in [3.8, 4) is 11.5 Å². The average Bonchev–Trinajstić information content (AvgIpc) is 3.79. The maximum Gasteiger partial charge on any atom is 0.161 e. The van der Waals surface area contributed by atoms with Crippen molar-refractivity contribution in [1.82, 2.24) is 0 Å². The van der Waals surface area contributed by atoms with Gasteiger partial charge in [-0.15, -0.1) is 45.3 Å². The lowest BCUT2D eigenvalue weighted by atomic mass is 10.0. The van der Waals surface area contributed by atoms with Crippen LogP contribution in [-0.4, -0.2) is 13.2 Å². The second-order valence-electron chi connectivity index (χ2n) is 11.8. The summed E-state index contributed by atoms with van der Waals surface area (Å²) >= 11 is 7.83. The molecule has 224 valence electrons. The molecule has 4 heterocycles. The summed E-state index contributed by atoms with van der Waals surface area (Å²) in [6, 6.07) is 22.4. The van der Waals surface area contributed by atoms with Crippen LogP contribution in [0.3, 0.4) is 0 Å². The topological polar surface area (TPSA) is 18.5 Å². The van der Waals surface area contributed by atoms with Crippen LogP contribution in [0.5, 0.6) is 11.5 Å². The van der Waals surface area contributed by atoms with Gasteiger partial charge in [0.25, 0.3) is 0 Å². The molecule has 0 spiro atoms. The molecule has 0 fully saturated rings. The zero-order chi connectivity index (χ0) is 29.6. The Morgan fingerprint density at radius 2 is 0.886 bits per heavy atom. The smallest absolute Gasteiger partial charge is 0.161 e. The highest BCUT2D eigenvalue weighted by molar-refractivity contribution is 7.41. The minimum atomic E-state index is 0.726. The maximum absolute atomic E-state index is 6.58. The first-order valence-electron chi connectivity index (χ1n) is 16.1. The lowest BCUT2D eigenvalue weighted by molar-refractivity contribution is 0.259. The van der Waals surface area contributed by atoms with Gasteiger partial charge in [-0.2, -0.15) is 0 Å². The number of rotatable bonds is 12. The molecule has 4 aromatic carbocycles. The van der Waals surface area contributed by atoms with Crippen molar-refractivity contribution in [2.75, 3.05) is 13.2 Å². The monoisotopic (exact) mass is 652 g/mol. The fraction of sp³-hybridized carbons (Fsp3) is 0.316. The van der Waals surface area contributed by atoms with E-state index in [0.717, 1.165) is 37.6 Å². The third-order valence-corrected chi connectivity index (χ3v) is 14.0. The lowest BCUT2D eigenvalue weighted by Crippen LogP contribution is -2.03. The molecule has 8 rings (SSSR count). The molecule has 0 unspecified atom stereocenters. The number of ether oxygens (including phenoxy) is 2. The summed E-state index contributed by atoms with van der Waals surface area (Å²) in [6.45, 7) is 5.97. The SMILES string of the molecule is CCCCCCOc1cc2c(cc1OCCCCCC)c1c3sc4ccccc4c3sc1c1sc3c4ccccc4sc3c21. The van der Waals surface area contributed by atoms with Crippen LogP contribution >= 0.6 is 45.3 Å². The van der Waals surface area contributed by atoms with Crippen molar-refractivity contribution in [2.45, 2.75) is 65.2 Å². The summed E-state index contributed by atoms with van der Waals surface area (Å²) in [7, 11) is 0. The third kappa shape index (κ3) is 4.77. The molecular formula is C38H36O2S4. The van der Waals surface area contributed by atoms with E-state index in [9.17, 15) is 0 Å². The zero-order valence-electron chi connectivity index (χ0n) is 25.3. The fourth-order valence-corrected chi connectivity index (χ4v) is 12.2. The molecule has 0 saturated carbocycles. The first kappa shape index (κ1) is 28.6. The molecule has 8 aromatic rings. The normalized spacial score (nSPS) is 12.3. The molecule has 0 atom stereocenters. The van der Waals surface area contributed by atoms with Crippen molar-refractivity contribution in [1.29, 1.82) is 0 Å². The summed E-state index contributed by atoms with van der Waals surface area (Å²) in [5, 5.41) is 8.11. The van der Waals surface area contributed by atoms with E-state index in [1.165, 1.54) is 108 Å². The lowest BCUT2D eigenvalue weighted by Gasteiger charge is -2.15. The number of benzene rings is 4. The molecule has 0 N–H and O–H groups in total. The van der Waals surface area contributed by atoms with Crippen molar-refractivity contribution < 1.29 is 9.47 Å². The van der Waals surface area contributed by atoms with E-state index >= 15 is 0 Å². The summed E-state index contributed by atoms with van der Waals surface area (Å²) < 4.78 is 24.4. The van der Waals surface area contributed by atoms with E-state index in [1.54, 1.807) is 0 Å². The molecule has 0 saturated heterocycles. The Labute approximate surface area is 273 Å². The van der Waals surface area contributed by atoms with Gasteiger partial charge in [0.1, 0.15) is 0 Å². The van der Waals surface area contributed by atoms with Crippen LogP contribution in [-0.2, 0) is 0 Å². The molecule has 0 aliphatic rings. The van der Waals surface area contributed by atoms with Gasteiger partial charge in [0, 0.05) is 30.9 Å². The first-order chi connectivity index (χ1) is 21.8. The predicted octanol–water partition coefficient (Wildman–Crippen LogP) is 13.9. The molecular weight excluding hydrogens is 617 g/mol. The van der Waals surface area contributed by atoms with Crippen molar-refractivity contribution in [2.24, 2.45) is 0 Å². The van der Waals surface area contributed by atoms with Gasteiger partial charge in [-0.25, -0.2) is 0 Å². The van der Waals surface area contributed by atoms with Gasteiger partial charge in [0.15, 0.2) is 11.5 Å². The molecule has 4 aromatic heterocycles. The Morgan fingerprint density at radius 1 is 0.455 bits per heavy atom. The number of hydrogen-bond donors (Lipinski definition) is 0. The van der Waals surface area contributed by atoms with E-state index < -0.39 is 0 Å². The van der Waals surface area contributed by atoms with Crippen LogP contribution in [0.15, 0.2) is 60.7 Å². The number of unbranched alkanes of at least 4 members (excludes halogenated alkanes) is 6. The molecule has 0 amide bonds. The van der Waals surface area contributed by atoms with Crippen molar-refractivity contribution >= 4 is 115 Å². The van der Waals surface area contributed by atoms with Gasteiger partial charge in [-0.05, 0) is 47.9 Å². The molecule has 44 heavy (non-hydrogen) atoms. The number of thiophene rings is 4. The maximum atomic E-state index is 6.58. The Hall–Kier alpha value is -2.90. The van der Waals surface area contributed by atoms with Gasteiger partial charge in [0.2, 0.25) is 0 Å². The highest BCUT2D eigenvalue weighted by Gasteiger charge is 2.24. The number of fused-ring (bicyclic) bond motifs is 14. The summed E-state index contributed by atoms with van der Waals surface area (Å²) in [5.41, 5.74) is 0. The van der Waals surface area contributed by atoms with E-state index in [1.807, 2.05) is 45.3 Å². The van der Waals surface area contributed by atoms with Crippen LogP contribution in [0.2, 0.25) is 0 Å². The van der Waals surface area contributed by atoms with Crippen LogP contribution in [0, 0.1) is 0 Å². The van der Waals surface area contributed by atoms with Crippen LogP contribution in [0.1, 0.15) is 65.2 Å². The molecule has 0 aliphatic carbocycles. The van der Waals surface area contributed by atoms with Crippen molar-refractivity contribution in [3.05, 3.63) is 60.7 Å². The standard InChI is InChI=1S/C38H36O2S4/c1-3-5-7-13-19-39-27-21-25-26(22-28(27)40-20-14-8-6-4-2)32-36-34(24-16-10-12-18-30(24)42-36)44-38(32)37-31(25)35-33(43-37)23-15-9-11-17-29(23)41-35/h9-12,15-18,21-22H,3-8,13-14,19-20H2,1-2H3.